The molecule has 9 heteroatoms. The quantitative estimate of drug-likeness (QED) is 0.855. The number of hydrogen-bond acceptors (Lipinski definition) is 6. The van der Waals surface area contributed by atoms with Gasteiger partial charge in [0.1, 0.15) is 12.2 Å². The fourth-order valence-electron chi connectivity index (χ4n) is 4.10. The average Bonchev–Trinajstić information content (AvgIpc) is 3.36. The number of likely N-dealkylation sites (N-methyl/N-ethyl adjacent to an activating group) is 1. The minimum atomic E-state index is -0.443. The second kappa shape index (κ2) is 6.86. The van der Waals surface area contributed by atoms with Crippen LogP contribution in [0.1, 0.15) is 49.7 Å². The van der Waals surface area contributed by atoms with Crippen molar-refractivity contribution in [1.82, 2.24) is 25.3 Å². The van der Waals surface area contributed by atoms with E-state index in [9.17, 15) is 9.59 Å². The van der Waals surface area contributed by atoms with Gasteiger partial charge in [-0.25, -0.2) is 4.79 Å². The molecule has 2 saturated heterocycles. The molecular formula is C17H25N5O4. The van der Waals surface area contributed by atoms with Crippen LogP contribution in [0.5, 0.6) is 0 Å². The van der Waals surface area contributed by atoms with Crippen molar-refractivity contribution < 1.29 is 18.8 Å². The lowest BCUT2D eigenvalue weighted by Crippen LogP contribution is -2.55. The predicted octanol–water partition coefficient (Wildman–Crippen LogP) is 0.870. The molecule has 26 heavy (non-hydrogen) atoms. The Bertz CT molecular complexity index is 686. The highest BCUT2D eigenvalue weighted by atomic mass is 16.5. The normalized spacial score (nSPS) is 26.9. The molecule has 3 fully saturated rings. The van der Waals surface area contributed by atoms with Gasteiger partial charge in [0.25, 0.3) is 0 Å². The Balaban J connectivity index is 1.28. The van der Waals surface area contributed by atoms with Crippen molar-refractivity contribution in [3.63, 3.8) is 0 Å². The Morgan fingerprint density at radius 2 is 2.15 bits per heavy atom. The highest BCUT2D eigenvalue weighted by molar-refractivity contribution is 5.78. The van der Waals surface area contributed by atoms with Crippen LogP contribution in [0.25, 0.3) is 0 Å². The molecule has 9 nitrogen and oxygen atoms in total. The first-order valence-electron chi connectivity index (χ1n) is 9.28. The number of aromatic nitrogens is 2. The van der Waals surface area contributed by atoms with Gasteiger partial charge in [-0.05, 0) is 19.3 Å². The van der Waals surface area contributed by atoms with Crippen LogP contribution in [0.3, 0.4) is 0 Å². The van der Waals surface area contributed by atoms with E-state index in [0.717, 1.165) is 19.3 Å². The first kappa shape index (κ1) is 17.3. The van der Waals surface area contributed by atoms with Gasteiger partial charge in [0.15, 0.2) is 5.82 Å². The standard InChI is InChI=1S/C17H25N5O4/c1-21-10-17(25-9-14(21)23)6-7-22(11-17)16(24)18-8-13-19-15(26-20-13)12-4-2-3-5-12/h12H,2-11H2,1H3,(H,18,24). The van der Waals surface area contributed by atoms with E-state index in [0.29, 0.717) is 37.3 Å². The first-order chi connectivity index (χ1) is 12.5. The molecule has 1 unspecified atom stereocenters. The van der Waals surface area contributed by atoms with E-state index in [-0.39, 0.29) is 25.1 Å². The SMILES string of the molecule is CN1CC2(CCN(C(=O)NCc3noc(C4CCCC4)n3)C2)OCC1=O. The van der Waals surface area contributed by atoms with Gasteiger partial charge in [-0.1, -0.05) is 18.0 Å². The van der Waals surface area contributed by atoms with E-state index in [4.69, 9.17) is 9.26 Å². The van der Waals surface area contributed by atoms with Gasteiger partial charge >= 0.3 is 6.03 Å². The maximum Gasteiger partial charge on any atom is 0.317 e. The van der Waals surface area contributed by atoms with Gasteiger partial charge in [0.2, 0.25) is 11.8 Å². The average molecular weight is 363 g/mol. The third-order valence-corrected chi connectivity index (χ3v) is 5.64. The van der Waals surface area contributed by atoms with Crippen LogP contribution in [0.2, 0.25) is 0 Å². The summed E-state index contributed by atoms with van der Waals surface area (Å²) >= 11 is 0. The molecular weight excluding hydrogens is 338 g/mol. The Morgan fingerprint density at radius 1 is 1.35 bits per heavy atom. The third-order valence-electron chi connectivity index (χ3n) is 5.64. The number of carbonyl (C=O) groups is 2. The Morgan fingerprint density at radius 3 is 2.92 bits per heavy atom. The molecule has 3 amide bonds. The van der Waals surface area contributed by atoms with E-state index in [1.165, 1.54) is 12.8 Å². The van der Waals surface area contributed by atoms with Crippen molar-refractivity contribution in [2.24, 2.45) is 0 Å². The fraction of sp³-hybridized carbons (Fsp3) is 0.765. The van der Waals surface area contributed by atoms with Crippen LogP contribution in [0.15, 0.2) is 4.52 Å². The summed E-state index contributed by atoms with van der Waals surface area (Å²) in [6, 6.07) is -0.169. The summed E-state index contributed by atoms with van der Waals surface area (Å²) in [6.07, 6.45) is 5.34. The second-order valence-electron chi connectivity index (χ2n) is 7.58. The molecule has 0 bridgehead atoms. The van der Waals surface area contributed by atoms with Crippen molar-refractivity contribution in [2.45, 2.75) is 50.2 Å². The summed E-state index contributed by atoms with van der Waals surface area (Å²) in [5.74, 6) is 1.55. The van der Waals surface area contributed by atoms with Gasteiger partial charge in [-0.15, -0.1) is 0 Å². The Kier molecular flexibility index (Phi) is 4.56. The minimum absolute atomic E-state index is 0.0197. The van der Waals surface area contributed by atoms with E-state index in [2.05, 4.69) is 15.5 Å². The number of nitrogens with one attached hydrogen (secondary N) is 1. The number of nitrogens with zero attached hydrogens (tertiary/aromatic N) is 4. The highest BCUT2D eigenvalue weighted by Crippen LogP contribution is 2.33. The van der Waals surface area contributed by atoms with Crippen LogP contribution in [-0.4, -0.2) is 70.8 Å². The molecule has 3 aliphatic rings. The maximum atomic E-state index is 12.4. The van der Waals surface area contributed by atoms with Gasteiger partial charge in [0, 0.05) is 19.5 Å². The van der Waals surface area contributed by atoms with Crippen LogP contribution < -0.4 is 5.32 Å². The lowest BCUT2D eigenvalue weighted by Gasteiger charge is -2.38. The van der Waals surface area contributed by atoms with Crippen LogP contribution in [0.4, 0.5) is 4.79 Å². The Hall–Kier alpha value is -2.16. The molecule has 3 heterocycles. The second-order valence-corrected chi connectivity index (χ2v) is 7.58. The molecule has 0 radical (unpaired) electrons. The van der Waals surface area contributed by atoms with Gasteiger partial charge in [-0.2, -0.15) is 4.98 Å². The minimum Gasteiger partial charge on any atom is -0.361 e. The molecule has 1 aromatic rings. The summed E-state index contributed by atoms with van der Waals surface area (Å²) in [7, 11) is 1.77. The van der Waals surface area contributed by atoms with E-state index >= 15 is 0 Å². The van der Waals surface area contributed by atoms with Crippen LogP contribution >= 0.6 is 0 Å². The van der Waals surface area contributed by atoms with E-state index < -0.39 is 5.60 Å². The zero-order valence-electron chi connectivity index (χ0n) is 15.1. The summed E-state index contributed by atoms with van der Waals surface area (Å²) in [5.41, 5.74) is -0.443. The van der Waals surface area contributed by atoms with E-state index in [1.807, 2.05) is 0 Å². The molecule has 1 aromatic heterocycles. The molecule has 1 aliphatic carbocycles. The van der Waals surface area contributed by atoms with Gasteiger partial charge in [-0.3, -0.25) is 4.79 Å². The van der Waals surface area contributed by atoms with Gasteiger partial charge < -0.3 is 24.4 Å². The number of hydrogen-bond donors (Lipinski definition) is 1. The van der Waals surface area contributed by atoms with Crippen molar-refractivity contribution in [3.05, 3.63) is 11.7 Å². The highest BCUT2D eigenvalue weighted by Gasteiger charge is 2.45. The van der Waals surface area contributed by atoms with Gasteiger partial charge in [0.05, 0.1) is 19.6 Å². The lowest BCUT2D eigenvalue weighted by molar-refractivity contribution is -0.158. The molecule has 142 valence electrons. The van der Waals surface area contributed by atoms with Crippen molar-refractivity contribution in [3.8, 4) is 0 Å². The zero-order valence-corrected chi connectivity index (χ0v) is 15.1. The number of carbonyl (C=O) groups excluding carboxylic acids is 2. The monoisotopic (exact) mass is 363 g/mol. The lowest BCUT2D eigenvalue weighted by atomic mass is 10.0. The number of amides is 3. The number of rotatable bonds is 3. The summed E-state index contributed by atoms with van der Waals surface area (Å²) < 4.78 is 11.1. The third kappa shape index (κ3) is 3.40. The first-order valence-corrected chi connectivity index (χ1v) is 9.28. The largest absolute Gasteiger partial charge is 0.361 e. The van der Waals surface area contributed by atoms with Crippen molar-refractivity contribution >= 4 is 11.9 Å². The number of morpholine rings is 1. The maximum absolute atomic E-state index is 12.4. The summed E-state index contributed by atoms with van der Waals surface area (Å²) in [5, 5.41) is 6.83. The topological polar surface area (TPSA) is 101 Å². The molecule has 1 atom stereocenters. The molecule has 0 aromatic carbocycles. The molecule has 1 spiro atoms. The zero-order chi connectivity index (χ0) is 18.1. The van der Waals surface area contributed by atoms with Crippen LogP contribution in [-0.2, 0) is 16.1 Å². The smallest absolute Gasteiger partial charge is 0.317 e. The fourth-order valence-corrected chi connectivity index (χ4v) is 4.10. The number of urea groups is 1. The number of ether oxygens (including phenoxy) is 1. The van der Waals surface area contributed by atoms with Crippen LogP contribution in [0, 0.1) is 0 Å². The Labute approximate surface area is 152 Å². The number of likely N-dealkylation sites (tertiary alicyclic amines) is 1. The molecule has 1 saturated carbocycles. The molecule has 1 N–H and O–H groups in total. The predicted molar refractivity (Wildman–Crippen MR) is 90.3 cm³/mol. The van der Waals surface area contributed by atoms with E-state index in [1.54, 1.807) is 16.8 Å². The summed E-state index contributed by atoms with van der Waals surface area (Å²) in [6.45, 7) is 1.94. The van der Waals surface area contributed by atoms with Crippen molar-refractivity contribution in [2.75, 3.05) is 33.3 Å². The molecule has 2 aliphatic heterocycles. The van der Waals surface area contributed by atoms with Crippen molar-refractivity contribution in [1.29, 1.82) is 0 Å². The summed E-state index contributed by atoms with van der Waals surface area (Å²) in [4.78, 5) is 31.8. The molecule has 4 rings (SSSR count).